The molecule has 1 heterocycles. The van der Waals surface area contributed by atoms with Gasteiger partial charge in [-0.15, -0.1) is 0 Å². The van der Waals surface area contributed by atoms with Gasteiger partial charge in [-0.1, -0.05) is 92.7 Å². The van der Waals surface area contributed by atoms with Gasteiger partial charge >= 0.3 is 0 Å². The first-order valence-electron chi connectivity index (χ1n) is 13.7. The van der Waals surface area contributed by atoms with E-state index in [1.165, 1.54) is 4.31 Å². The fraction of sp³-hybridized carbons (Fsp3) is 0.242. The molecule has 0 spiro atoms. The normalized spacial score (nSPS) is 15.9. The number of hydrogen-bond acceptors (Lipinski definition) is 4. The monoisotopic (exact) mass is 554 g/mol. The standard InChI is InChI=1S/C33H34N2O4S/c1-3-33(4-2)23-29(27-19-12-14-22-31(27)39-33)34-32(36)28-20-11-13-21-30(28)35(24-25-15-7-5-8-16-25)40(37,38)26-17-9-6-10-18-26/h5-22,29H,3-4,23-24H2,1-2H3,(H,34,36)/t29-/m0/s1. The number of anilines is 1. The number of rotatable bonds is 9. The first kappa shape index (κ1) is 27.5. The summed E-state index contributed by atoms with van der Waals surface area (Å²) in [5, 5.41) is 3.22. The number of carbonyl (C=O) groups excluding carboxylic acids is 1. The van der Waals surface area contributed by atoms with Gasteiger partial charge in [0.1, 0.15) is 11.4 Å². The predicted molar refractivity (Wildman–Crippen MR) is 158 cm³/mol. The second kappa shape index (κ2) is 11.6. The number of hydrogen-bond donors (Lipinski definition) is 1. The quantitative estimate of drug-likeness (QED) is 0.244. The van der Waals surface area contributed by atoms with Gasteiger partial charge in [0.2, 0.25) is 0 Å². The Bertz CT molecular complexity index is 1570. The van der Waals surface area contributed by atoms with Crippen molar-refractivity contribution in [3.8, 4) is 5.75 Å². The van der Waals surface area contributed by atoms with E-state index in [4.69, 9.17) is 4.74 Å². The molecule has 0 unspecified atom stereocenters. The molecule has 0 fully saturated rings. The zero-order valence-electron chi connectivity index (χ0n) is 22.8. The van der Waals surface area contributed by atoms with Gasteiger partial charge in [0.15, 0.2) is 0 Å². The number of nitrogens with zero attached hydrogens (tertiary/aromatic N) is 1. The average Bonchev–Trinajstić information content (AvgIpc) is 3.00. The Kier molecular flexibility index (Phi) is 7.94. The third-order valence-corrected chi connectivity index (χ3v) is 9.48. The van der Waals surface area contributed by atoms with Crippen LogP contribution in [-0.4, -0.2) is 19.9 Å². The maximum absolute atomic E-state index is 14.0. The molecule has 0 aromatic heterocycles. The Hall–Kier alpha value is -4.10. The van der Waals surface area contributed by atoms with E-state index >= 15 is 0 Å². The van der Waals surface area contributed by atoms with Crippen LogP contribution in [0.2, 0.25) is 0 Å². The number of nitrogens with one attached hydrogen (secondary N) is 1. The van der Waals surface area contributed by atoms with Gasteiger partial charge in [-0.2, -0.15) is 0 Å². The number of sulfonamides is 1. The number of amides is 1. The smallest absolute Gasteiger partial charge is 0.264 e. The molecule has 5 rings (SSSR count). The van der Waals surface area contributed by atoms with E-state index in [1.807, 2.05) is 54.6 Å². The lowest BCUT2D eigenvalue weighted by Gasteiger charge is -2.41. The van der Waals surface area contributed by atoms with Crippen LogP contribution in [0.1, 0.15) is 60.6 Å². The average molecular weight is 555 g/mol. The Morgan fingerprint density at radius 2 is 1.45 bits per heavy atom. The number of ether oxygens (including phenoxy) is 1. The summed E-state index contributed by atoms with van der Waals surface area (Å²) >= 11 is 0. The topological polar surface area (TPSA) is 75.7 Å². The van der Waals surface area contributed by atoms with Crippen LogP contribution < -0.4 is 14.4 Å². The molecule has 206 valence electrons. The molecular weight excluding hydrogens is 520 g/mol. The summed E-state index contributed by atoms with van der Waals surface area (Å²) in [6, 6.07) is 32.1. The molecule has 0 saturated carbocycles. The highest BCUT2D eigenvalue weighted by atomic mass is 32.2. The van der Waals surface area contributed by atoms with Crippen molar-refractivity contribution in [2.24, 2.45) is 0 Å². The van der Waals surface area contributed by atoms with E-state index < -0.39 is 10.0 Å². The predicted octanol–water partition coefficient (Wildman–Crippen LogP) is 6.89. The summed E-state index contributed by atoms with van der Waals surface area (Å²) in [5.41, 5.74) is 1.96. The number of benzene rings is 4. The van der Waals surface area contributed by atoms with Gasteiger partial charge in [0.25, 0.3) is 15.9 Å². The Balaban J connectivity index is 1.54. The number of fused-ring (bicyclic) bond motifs is 1. The lowest BCUT2D eigenvalue weighted by atomic mass is 9.83. The van der Waals surface area contributed by atoms with Gasteiger partial charge in [0, 0.05) is 12.0 Å². The van der Waals surface area contributed by atoms with Crippen LogP contribution in [0.3, 0.4) is 0 Å². The maximum Gasteiger partial charge on any atom is 0.264 e. The first-order valence-corrected chi connectivity index (χ1v) is 15.1. The van der Waals surface area contributed by atoms with E-state index in [9.17, 15) is 13.2 Å². The Morgan fingerprint density at radius 1 is 0.850 bits per heavy atom. The van der Waals surface area contributed by atoms with Gasteiger partial charge in [0.05, 0.1) is 28.7 Å². The zero-order valence-corrected chi connectivity index (χ0v) is 23.6. The highest BCUT2D eigenvalue weighted by molar-refractivity contribution is 7.92. The van der Waals surface area contributed by atoms with E-state index in [1.54, 1.807) is 54.6 Å². The van der Waals surface area contributed by atoms with E-state index in [2.05, 4.69) is 19.2 Å². The van der Waals surface area contributed by atoms with Crippen LogP contribution in [0.25, 0.3) is 0 Å². The summed E-state index contributed by atoms with van der Waals surface area (Å²) in [4.78, 5) is 14.1. The highest BCUT2D eigenvalue weighted by Gasteiger charge is 2.39. The van der Waals surface area contributed by atoms with E-state index in [0.717, 1.165) is 29.7 Å². The second-order valence-electron chi connectivity index (χ2n) is 10.1. The van der Waals surface area contributed by atoms with Gasteiger partial charge in [-0.25, -0.2) is 8.42 Å². The summed E-state index contributed by atoms with van der Waals surface area (Å²) < 4.78 is 35.8. The lowest BCUT2D eigenvalue weighted by Crippen LogP contribution is -2.44. The molecule has 0 bridgehead atoms. The molecule has 7 heteroatoms. The molecule has 4 aromatic carbocycles. The van der Waals surface area contributed by atoms with E-state index in [-0.39, 0.29) is 29.0 Å². The first-order chi connectivity index (χ1) is 19.4. The SMILES string of the molecule is CCC1(CC)C[C@H](NC(=O)c2ccccc2N(Cc2ccccc2)S(=O)(=O)c2ccccc2)c2ccccc2O1. The summed E-state index contributed by atoms with van der Waals surface area (Å²) in [6.45, 7) is 4.28. The van der Waals surface area contributed by atoms with Crippen LogP contribution in [0.15, 0.2) is 114 Å². The molecular formula is C33H34N2O4S. The van der Waals surface area contributed by atoms with Gasteiger partial charge in [-0.3, -0.25) is 9.10 Å². The maximum atomic E-state index is 14.0. The minimum Gasteiger partial charge on any atom is -0.487 e. The van der Waals surface area contributed by atoms with Crippen molar-refractivity contribution in [2.45, 2.75) is 56.2 Å². The molecule has 6 nitrogen and oxygen atoms in total. The number of carbonyl (C=O) groups is 1. The molecule has 40 heavy (non-hydrogen) atoms. The van der Waals surface area contributed by atoms with Crippen molar-refractivity contribution in [1.82, 2.24) is 5.32 Å². The lowest BCUT2D eigenvalue weighted by molar-refractivity contribution is 0.0227. The van der Waals surface area contributed by atoms with Crippen LogP contribution in [0.4, 0.5) is 5.69 Å². The summed E-state index contributed by atoms with van der Waals surface area (Å²) in [6.07, 6.45) is 2.24. The molecule has 4 aromatic rings. The summed E-state index contributed by atoms with van der Waals surface area (Å²) in [7, 11) is -3.98. The molecule has 1 aliphatic heterocycles. The van der Waals surface area contributed by atoms with E-state index in [0.29, 0.717) is 17.7 Å². The van der Waals surface area contributed by atoms with Crippen LogP contribution >= 0.6 is 0 Å². The number of para-hydroxylation sites is 2. The highest BCUT2D eigenvalue weighted by Crippen LogP contribution is 2.43. The van der Waals surface area contributed by atoms with Crippen LogP contribution in [-0.2, 0) is 16.6 Å². The second-order valence-corrected chi connectivity index (χ2v) is 11.9. The zero-order chi connectivity index (χ0) is 28.2. The minimum absolute atomic E-state index is 0.0806. The third kappa shape index (κ3) is 5.47. The molecule has 1 amide bonds. The van der Waals surface area contributed by atoms with Crippen molar-refractivity contribution in [1.29, 1.82) is 0 Å². The summed E-state index contributed by atoms with van der Waals surface area (Å²) in [5.74, 6) is 0.438. The van der Waals surface area contributed by atoms with Crippen molar-refractivity contribution < 1.29 is 17.9 Å². The van der Waals surface area contributed by atoms with Crippen LogP contribution in [0, 0.1) is 0 Å². The minimum atomic E-state index is -3.98. The van der Waals surface area contributed by atoms with Crippen molar-refractivity contribution in [2.75, 3.05) is 4.31 Å². The van der Waals surface area contributed by atoms with Crippen molar-refractivity contribution >= 4 is 21.6 Å². The molecule has 1 atom stereocenters. The van der Waals surface area contributed by atoms with Crippen molar-refractivity contribution in [3.63, 3.8) is 0 Å². The Morgan fingerprint density at radius 3 is 2.15 bits per heavy atom. The molecule has 0 radical (unpaired) electrons. The van der Waals surface area contributed by atoms with Gasteiger partial charge < -0.3 is 10.1 Å². The largest absolute Gasteiger partial charge is 0.487 e. The molecule has 1 aliphatic rings. The van der Waals surface area contributed by atoms with Crippen LogP contribution in [0.5, 0.6) is 5.75 Å². The molecule has 0 saturated heterocycles. The third-order valence-electron chi connectivity index (χ3n) is 7.71. The Labute approximate surface area is 236 Å². The fourth-order valence-corrected chi connectivity index (χ4v) is 6.81. The molecule has 1 N–H and O–H groups in total. The van der Waals surface area contributed by atoms with Crippen molar-refractivity contribution in [3.05, 3.63) is 126 Å². The fourth-order valence-electron chi connectivity index (χ4n) is 5.32. The van der Waals surface area contributed by atoms with Gasteiger partial charge in [-0.05, 0) is 48.7 Å². The molecule has 0 aliphatic carbocycles.